The molecule has 0 aliphatic rings. The van der Waals surface area contributed by atoms with Gasteiger partial charge in [-0.15, -0.1) is 0 Å². The minimum Gasteiger partial charge on any atom is -0.265 e. The average molecular weight is 249 g/mol. The molecular formula is C12H13ClN4. The third-order valence-corrected chi connectivity index (χ3v) is 2.45. The van der Waals surface area contributed by atoms with Crippen LogP contribution in [0.1, 0.15) is 11.3 Å². The van der Waals surface area contributed by atoms with Crippen LogP contribution in [-0.2, 0) is 13.1 Å². The number of rotatable bonds is 5. The molecule has 2 heterocycles. The van der Waals surface area contributed by atoms with Gasteiger partial charge in [0.05, 0.1) is 12.2 Å². The lowest BCUT2D eigenvalue weighted by Gasteiger charge is -2.06. The number of halogens is 1. The van der Waals surface area contributed by atoms with Crippen molar-refractivity contribution < 1.29 is 0 Å². The minimum atomic E-state index is 0.631. The van der Waals surface area contributed by atoms with Gasteiger partial charge in [0.1, 0.15) is 0 Å². The molecule has 17 heavy (non-hydrogen) atoms. The molecule has 2 rings (SSSR count). The molecular weight excluding hydrogens is 236 g/mol. The van der Waals surface area contributed by atoms with Crippen LogP contribution < -0.4 is 10.9 Å². The predicted octanol–water partition coefficient (Wildman–Crippen LogP) is 1.92. The van der Waals surface area contributed by atoms with Gasteiger partial charge in [0.25, 0.3) is 0 Å². The zero-order valence-electron chi connectivity index (χ0n) is 9.23. The first-order chi connectivity index (χ1) is 8.34. The van der Waals surface area contributed by atoms with Gasteiger partial charge in [0.15, 0.2) is 0 Å². The second-order valence-corrected chi connectivity index (χ2v) is 3.96. The van der Waals surface area contributed by atoms with E-state index in [1.807, 2.05) is 18.2 Å². The van der Waals surface area contributed by atoms with Crippen molar-refractivity contribution in [3.8, 4) is 0 Å². The Morgan fingerprint density at radius 1 is 1.00 bits per heavy atom. The largest absolute Gasteiger partial charge is 0.265 e. The van der Waals surface area contributed by atoms with Crippen molar-refractivity contribution in [3.63, 3.8) is 0 Å². The van der Waals surface area contributed by atoms with Gasteiger partial charge in [-0.1, -0.05) is 11.6 Å². The first-order valence-electron chi connectivity index (χ1n) is 5.29. The van der Waals surface area contributed by atoms with Gasteiger partial charge in [-0.25, -0.2) is 0 Å². The number of nitrogens with one attached hydrogen (secondary N) is 2. The monoisotopic (exact) mass is 248 g/mol. The number of hydrogen-bond donors (Lipinski definition) is 2. The highest BCUT2D eigenvalue weighted by molar-refractivity contribution is 6.30. The van der Waals surface area contributed by atoms with Crippen LogP contribution >= 0.6 is 11.6 Å². The van der Waals surface area contributed by atoms with Crippen LogP contribution in [0.5, 0.6) is 0 Å². The SMILES string of the molecule is Clc1ccnc(CNNCc2ccncc2)c1. The van der Waals surface area contributed by atoms with Gasteiger partial charge in [-0.3, -0.25) is 20.8 Å². The van der Waals surface area contributed by atoms with Gasteiger partial charge in [0.2, 0.25) is 0 Å². The van der Waals surface area contributed by atoms with E-state index in [9.17, 15) is 0 Å². The zero-order chi connectivity index (χ0) is 11.9. The molecule has 5 heteroatoms. The lowest BCUT2D eigenvalue weighted by Crippen LogP contribution is -2.30. The summed E-state index contributed by atoms with van der Waals surface area (Å²) in [6.45, 7) is 1.37. The molecule has 88 valence electrons. The van der Waals surface area contributed by atoms with E-state index in [1.54, 1.807) is 24.7 Å². The van der Waals surface area contributed by atoms with Gasteiger partial charge in [0, 0.05) is 30.2 Å². The molecule has 0 atom stereocenters. The van der Waals surface area contributed by atoms with E-state index < -0.39 is 0 Å². The first kappa shape index (κ1) is 12.0. The quantitative estimate of drug-likeness (QED) is 0.627. The lowest BCUT2D eigenvalue weighted by molar-refractivity contribution is 0.524. The maximum Gasteiger partial charge on any atom is 0.0570 e. The molecule has 0 bridgehead atoms. The maximum atomic E-state index is 5.86. The molecule has 0 aliphatic carbocycles. The first-order valence-corrected chi connectivity index (χ1v) is 5.67. The summed E-state index contributed by atoms with van der Waals surface area (Å²) in [5, 5.41) is 0.700. The molecule has 2 N–H and O–H groups in total. The Labute approximate surface area is 105 Å². The van der Waals surface area contributed by atoms with Crippen LogP contribution in [0.4, 0.5) is 0 Å². The van der Waals surface area contributed by atoms with Gasteiger partial charge >= 0.3 is 0 Å². The Bertz CT molecular complexity index is 461. The van der Waals surface area contributed by atoms with Crippen molar-refractivity contribution in [1.82, 2.24) is 20.8 Å². The molecule has 4 nitrogen and oxygen atoms in total. The minimum absolute atomic E-state index is 0.631. The molecule has 0 unspecified atom stereocenters. The van der Waals surface area contributed by atoms with Gasteiger partial charge in [-0.2, -0.15) is 0 Å². The van der Waals surface area contributed by atoms with Crippen LogP contribution in [0.15, 0.2) is 42.9 Å². The third kappa shape index (κ3) is 4.11. The van der Waals surface area contributed by atoms with E-state index in [4.69, 9.17) is 11.6 Å². The average Bonchev–Trinajstić information content (AvgIpc) is 2.36. The molecule has 0 fully saturated rings. The Balaban J connectivity index is 1.73. The molecule has 2 aromatic rings. The van der Waals surface area contributed by atoms with E-state index in [-0.39, 0.29) is 0 Å². The summed E-state index contributed by atoms with van der Waals surface area (Å²) in [4.78, 5) is 8.15. The van der Waals surface area contributed by atoms with E-state index in [0.29, 0.717) is 11.6 Å². The second kappa shape index (κ2) is 6.30. The van der Waals surface area contributed by atoms with E-state index in [0.717, 1.165) is 12.2 Å². The maximum absolute atomic E-state index is 5.86. The van der Waals surface area contributed by atoms with Gasteiger partial charge < -0.3 is 0 Å². The molecule has 0 aromatic carbocycles. The summed E-state index contributed by atoms with van der Waals surface area (Å²) in [6.07, 6.45) is 5.24. The van der Waals surface area contributed by atoms with Crippen LogP contribution in [0.25, 0.3) is 0 Å². The van der Waals surface area contributed by atoms with Crippen LogP contribution in [0.2, 0.25) is 5.02 Å². The van der Waals surface area contributed by atoms with E-state index in [2.05, 4.69) is 20.8 Å². The Morgan fingerprint density at radius 3 is 2.53 bits per heavy atom. The normalized spacial score (nSPS) is 10.4. The fourth-order valence-corrected chi connectivity index (χ4v) is 1.55. The molecule has 0 spiro atoms. The fraction of sp³-hybridized carbons (Fsp3) is 0.167. The van der Waals surface area contributed by atoms with Crippen molar-refractivity contribution in [2.24, 2.45) is 0 Å². The van der Waals surface area contributed by atoms with Crippen LogP contribution in [0.3, 0.4) is 0 Å². The van der Waals surface area contributed by atoms with Crippen molar-refractivity contribution in [2.75, 3.05) is 0 Å². The summed E-state index contributed by atoms with van der Waals surface area (Å²) in [5.74, 6) is 0. The standard InChI is InChI=1S/C12H13ClN4/c13-11-3-6-15-12(7-11)9-17-16-8-10-1-4-14-5-2-10/h1-7,16-17H,8-9H2. The Morgan fingerprint density at radius 2 is 1.76 bits per heavy atom. The third-order valence-electron chi connectivity index (χ3n) is 2.21. The topological polar surface area (TPSA) is 49.8 Å². The Hall–Kier alpha value is -1.49. The van der Waals surface area contributed by atoms with Crippen LogP contribution in [-0.4, -0.2) is 9.97 Å². The molecule has 2 aromatic heterocycles. The number of nitrogens with zero attached hydrogens (tertiary/aromatic N) is 2. The van der Waals surface area contributed by atoms with Crippen molar-refractivity contribution in [3.05, 3.63) is 59.1 Å². The number of hydrazine groups is 1. The Kier molecular flexibility index (Phi) is 4.44. The summed E-state index contributed by atoms with van der Waals surface area (Å²) < 4.78 is 0. The fourth-order valence-electron chi connectivity index (χ4n) is 1.36. The second-order valence-electron chi connectivity index (χ2n) is 3.53. The van der Waals surface area contributed by atoms with Gasteiger partial charge in [-0.05, 0) is 29.8 Å². The molecule has 0 aliphatic heterocycles. The number of hydrogen-bond acceptors (Lipinski definition) is 4. The van der Waals surface area contributed by atoms with E-state index in [1.165, 1.54) is 5.56 Å². The van der Waals surface area contributed by atoms with E-state index >= 15 is 0 Å². The van der Waals surface area contributed by atoms with Crippen molar-refractivity contribution in [1.29, 1.82) is 0 Å². The lowest BCUT2D eigenvalue weighted by atomic mass is 10.3. The molecule has 0 amide bonds. The summed E-state index contributed by atoms with van der Waals surface area (Å²) >= 11 is 5.86. The van der Waals surface area contributed by atoms with Crippen molar-refractivity contribution >= 4 is 11.6 Å². The smallest absolute Gasteiger partial charge is 0.0570 e. The summed E-state index contributed by atoms with van der Waals surface area (Å²) in [5.41, 5.74) is 8.27. The van der Waals surface area contributed by atoms with Crippen molar-refractivity contribution in [2.45, 2.75) is 13.1 Å². The summed E-state index contributed by atoms with van der Waals surface area (Å²) in [7, 11) is 0. The highest BCUT2D eigenvalue weighted by atomic mass is 35.5. The number of pyridine rings is 2. The predicted molar refractivity (Wildman–Crippen MR) is 67.2 cm³/mol. The highest BCUT2D eigenvalue weighted by Crippen LogP contribution is 2.07. The zero-order valence-corrected chi connectivity index (χ0v) is 9.98. The summed E-state index contributed by atoms with van der Waals surface area (Å²) in [6, 6.07) is 7.52. The molecule has 0 radical (unpaired) electrons. The molecule has 0 saturated carbocycles. The highest BCUT2D eigenvalue weighted by Gasteiger charge is 1.95. The van der Waals surface area contributed by atoms with Crippen LogP contribution in [0, 0.1) is 0 Å². The number of aromatic nitrogens is 2. The molecule has 0 saturated heterocycles.